The molecule has 1 rings (SSSR count). The highest BCUT2D eigenvalue weighted by Gasteiger charge is 2.10. The summed E-state index contributed by atoms with van der Waals surface area (Å²) in [5, 5.41) is 12.6. The number of aliphatic hydroxyl groups is 1. The van der Waals surface area contributed by atoms with Gasteiger partial charge in [-0.3, -0.25) is 4.79 Å². The summed E-state index contributed by atoms with van der Waals surface area (Å²) < 4.78 is 4.68. The summed E-state index contributed by atoms with van der Waals surface area (Å²) in [5.74, 6) is 0.342. The molecule has 0 aliphatic rings. The maximum Gasteiger partial charge on any atom is 0.171 e. The Hall–Kier alpha value is -1.16. The number of aliphatic hydroxyl groups excluding tert-OH is 1. The van der Waals surface area contributed by atoms with Crippen LogP contribution in [0.3, 0.4) is 0 Å². The van der Waals surface area contributed by atoms with E-state index in [1.165, 1.54) is 6.07 Å². The van der Waals surface area contributed by atoms with Gasteiger partial charge in [0.1, 0.15) is 11.8 Å². The van der Waals surface area contributed by atoms with Crippen LogP contribution < -0.4 is 0 Å². The van der Waals surface area contributed by atoms with Crippen molar-refractivity contribution in [2.45, 2.75) is 19.4 Å². The van der Waals surface area contributed by atoms with Crippen molar-refractivity contribution in [3.8, 4) is 0 Å². The fourth-order valence-electron chi connectivity index (χ4n) is 0.718. The zero-order valence-corrected chi connectivity index (χ0v) is 6.15. The van der Waals surface area contributed by atoms with E-state index >= 15 is 0 Å². The number of aromatic nitrogens is 1. The van der Waals surface area contributed by atoms with Gasteiger partial charge in [0, 0.05) is 6.07 Å². The minimum atomic E-state index is -0.656. The molecule has 1 atom stereocenters. The van der Waals surface area contributed by atoms with Crippen LogP contribution in [-0.2, 0) is 0 Å². The first-order valence-corrected chi connectivity index (χ1v) is 3.37. The molecule has 0 saturated carbocycles. The average molecular weight is 155 g/mol. The summed E-state index contributed by atoms with van der Waals surface area (Å²) in [6, 6.07) is 1.43. The van der Waals surface area contributed by atoms with Gasteiger partial charge in [-0.25, -0.2) is 0 Å². The first kappa shape index (κ1) is 7.94. The van der Waals surface area contributed by atoms with Crippen LogP contribution in [0, 0.1) is 0 Å². The molecule has 60 valence electrons. The second-order valence-corrected chi connectivity index (χ2v) is 2.20. The SMILES string of the molecule is CCC(O)c1cc(C=O)no1. The van der Waals surface area contributed by atoms with Crippen LogP contribution in [0.1, 0.15) is 35.7 Å². The lowest BCUT2D eigenvalue weighted by Gasteiger charge is -1.98. The molecule has 0 spiro atoms. The third-order valence-electron chi connectivity index (χ3n) is 1.38. The molecular weight excluding hydrogens is 146 g/mol. The third kappa shape index (κ3) is 1.65. The van der Waals surface area contributed by atoms with Crippen LogP contribution in [0.4, 0.5) is 0 Å². The van der Waals surface area contributed by atoms with Crippen LogP contribution in [0.5, 0.6) is 0 Å². The van der Waals surface area contributed by atoms with Gasteiger partial charge in [-0.05, 0) is 6.42 Å². The summed E-state index contributed by atoms with van der Waals surface area (Å²) in [4.78, 5) is 10.1. The predicted octanol–water partition coefficient (Wildman–Crippen LogP) is 0.930. The van der Waals surface area contributed by atoms with Crippen molar-refractivity contribution in [2.75, 3.05) is 0 Å². The topological polar surface area (TPSA) is 63.3 Å². The Bertz CT molecular complexity index is 244. The Balaban J connectivity index is 2.79. The Morgan fingerprint density at radius 3 is 3.09 bits per heavy atom. The second kappa shape index (κ2) is 3.30. The molecule has 0 bridgehead atoms. The summed E-state index contributed by atoms with van der Waals surface area (Å²) in [5.41, 5.74) is 0.215. The van der Waals surface area contributed by atoms with Crippen LogP contribution in [0.2, 0.25) is 0 Å². The lowest BCUT2D eigenvalue weighted by molar-refractivity contribution is 0.111. The van der Waals surface area contributed by atoms with Gasteiger partial charge in [-0.2, -0.15) is 0 Å². The van der Waals surface area contributed by atoms with Crippen LogP contribution >= 0.6 is 0 Å². The lowest BCUT2D eigenvalue weighted by Crippen LogP contribution is -1.91. The van der Waals surface area contributed by atoms with E-state index in [0.717, 1.165) is 0 Å². The highest BCUT2D eigenvalue weighted by atomic mass is 16.5. The maximum absolute atomic E-state index is 10.1. The first-order valence-electron chi connectivity index (χ1n) is 3.37. The monoisotopic (exact) mass is 155 g/mol. The largest absolute Gasteiger partial charge is 0.385 e. The zero-order chi connectivity index (χ0) is 8.27. The van der Waals surface area contributed by atoms with Gasteiger partial charge >= 0.3 is 0 Å². The molecule has 1 heterocycles. The molecule has 0 aliphatic carbocycles. The average Bonchev–Trinajstić information content (AvgIpc) is 2.50. The summed E-state index contributed by atoms with van der Waals surface area (Å²) in [6.07, 6.45) is 0.472. The number of hydrogen-bond acceptors (Lipinski definition) is 4. The molecular formula is C7H9NO3. The summed E-state index contributed by atoms with van der Waals surface area (Å²) in [7, 11) is 0. The maximum atomic E-state index is 10.1. The minimum Gasteiger partial charge on any atom is -0.385 e. The Morgan fingerprint density at radius 2 is 2.64 bits per heavy atom. The van der Waals surface area contributed by atoms with E-state index in [4.69, 9.17) is 0 Å². The number of nitrogens with zero attached hydrogens (tertiary/aromatic N) is 1. The quantitative estimate of drug-likeness (QED) is 0.659. The standard InChI is InChI=1S/C7H9NO3/c1-2-6(10)7-3-5(4-9)8-11-7/h3-4,6,10H,2H2,1H3. The molecule has 11 heavy (non-hydrogen) atoms. The molecule has 4 heteroatoms. The van der Waals surface area contributed by atoms with Gasteiger partial charge in [0.15, 0.2) is 12.0 Å². The van der Waals surface area contributed by atoms with E-state index in [1.54, 1.807) is 0 Å². The van der Waals surface area contributed by atoms with E-state index in [9.17, 15) is 9.90 Å². The molecule has 1 aromatic heterocycles. The molecule has 0 saturated heterocycles. The molecule has 4 nitrogen and oxygen atoms in total. The highest BCUT2D eigenvalue weighted by molar-refractivity contribution is 5.71. The van der Waals surface area contributed by atoms with Crippen LogP contribution in [0.15, 0.2) is 10.6 Å². The molecule has 1 aromatic rings. The smallest absolute Gasteiger partial charge is 0.171 e. The second-order valence-electron chi connectivity index (χ2n) is 2.20. The van der Waals surface area contributed by atoms with E-state index in [0.29, 0.717) is 18.5 Å². The Morgan fingerprint density at radius 1 is 1.91 bits per heavy atom. The number of aldehydes is 1. The number of rotatable bonds is 3. The molecule has 0 aromatic carbocycles. The molecule has 0 radical (unpaired) electrons. The minimum absolute atomic E-state index is 0.215. The van der Waals surface area contributed by atoms with Gasteiger partial charge in [0.2, 0.25) is 0 Å². The van der Waals surface area contributed by atoms with Gasteiger partial charge < -0.3 is 9.63 Å². The number of hydrogen-bond donors (Lipinski definition) is 1. The van der Waals surface area contributed by atoms with Crippen LogP contribution in [0.25, 0.3) is 0 Å². The number of carbonyl (C=O) groups excluding carboxylic acids is 1. The Labute approximate surface area is 63.8 Å². The van der Waals surface area contributed by atoms with Gasteiger partial charge in [0.05, 0.1) is 0 Å². The van der Waals surface area contributed by atoms with E-state index in [1.807, 2.05) is 6.92 Å². The van der Waals surface area contributed by atoms with Crippen molar-refractivity contribution in [1.29, 1.82) is 0 Å². The van der Waals surface area contributed by atoms with Crippen molar-refractivity contribution in [3.63, 3.8) is 0 Å². The van der Waals surface area contributed by atoms with Crippen LogP contribution in [-0.4, -0.2) is 16.5 Å². The molecule has 0 fully saturated rings. The van der Waals surface area contributed by atoms with Gasteiger partial charge in [-0.15, -0.1) is 0 Å². The zero-order valence-electron chi connectivity index (χ0n) is 6.15. The summed E-state index contributed by atoms with van der Waals surface area (Å²) in [6.45, 7) is 1.81. The molecule has 1 N–H and O–H groups in total. The lowest BCUT2D eigenvalue weighted by atomic mass is 10.2. The molecule has 1 unspecified atom stereocenters. The van der Waals surface area contributed by atoms with Gasteiger partial charge in [-0.1, -0.05) is 12.1 Å². The van der Waals surface area contributed by atoms with E-state index in [2.05, 4.69) is 9.68 Å². The number of carbonyl (C=O) groups is 1. The van der Waals surface area contributed by atoms with Crippen molar-refractivity contribution in [1.82, 2.24) is 5.16 Å². The van der Waals surface area contributed by atoms with E-state index in [-0.39, 0.29) is 5.69 Å². The van der Waals surface area contributed by atoms with Crippen molar-refractivity contribution >= 4 is 6.29 Å². The summed E-state index contributed by atoms with van der Waals surface area (Å²) >= 11 is 0. The molecule has 0 amide bonds. The highest BCUT2D eigenvalue weighted by Crippen LogP contribution is 2.15. The normalized spacial score (nSPS) is 12.9. The fourth-order valence-corrected chi connectivity index (χ4v) is 0.718. The van der Waals surface area contributed by atoms with Crippen molar-refractivity contribution in [3.05, 3.63) is 17.5 Å². The van der Waals surface area contributed by atoms with Gasteiger partial charge in [0.25, 0.3) is 0 Å². The van der Waals surface area contributed by atoms with E-state index < -0.39 is 6.10 Å². The Kier molecular flexibility index (Phi) is 2.38. The predicted molar refractivity (Wildman–Crippen MR) is 37.1 cm³/mol. The van der Waals surface area contributed by atoms with Crippen molar-refractivity contribution in [2.24, 2.45) is 0 Å². The fraction of sp³-hybridized carbons (Fsp3) is 0.429. The first-order chi connectivity index (χ1) is 5.27. The molecule has 0 aliphatic heterocycles. The third-order valence-corrected chi connectivity index (χ3v) is 1.38. The van der Waals surface area contributed by atoms with Crippen molar-refractivity contribution < 1.29 is 14.4 Å².